The van der Waals surface area contributed by atoms with Gasteiger partial charge >= 0.3 is 0 Å². The molecule has 2 aromatic carbocycles. The van der Waals surface area contributed by atoms with Crippen molar-refractivity contribution in [2.45, 2.75) is 39.0 Å². The molecule has 5 rings (SSSR count). The number of anilines is 1. The minimum absolute atomic E-state index is 0.199. The lowest BCUT2D eigenvalue weighted by atomic mass is 9.74. The Balaban J connectivity index is 1.49. The number of nitrogens with zero attached hydrogens (tertiary/aromatic N) is 3. The van der Waals surface area contributed by atoms with Gasteiger partial charge in [-0.15, -0.1) is 0 Å². The van der Waals surface area contributed by atoms with Gasteiger partial charge in [-0.3, -0.25) is 9.69 Å². The number of amides is 1. The monoisotopic (exact) mass is 493 g/mol. The molecule has 1 saturated heterocycles. The Bertz CT molecular complexity index is 1300. The molecule has 0 N–H and O–H groups in total. The molecule has 3 aromatic rings. The van der Waals surface area contributed by atoms with Crippen molar-refractivity contribution in [2.75, 3.05) is 31.1 Å². The molecule has 35 heavy (non-hydrogen) atoms. The summed E-state index contributed by atoms with van der Waals surface area (Å²) < 4.78 is 19.9. The lowest BCUT2D eigenvalue weighted by molar-refractivity contribution is 0.0976. The number of halogens is 2. The highest BCUT2D eigenvalue weighted by Crippen LogP contribution is 2.48. The van der Waals surface area contributed by atoms with Crippen LogP contribution in [0.4, 0.5) is 10.1 Å². The zero-order valence-electron chi connectivity index (χ0n) is 20.3. The fourth-order valence-corrected chi connectivity index (χ4v) is 5.55. The maximum atomic E-state index is 14.4. The maximum Gasteiger partial charge on any atom is 0.264 e. The van der Waals surface area contributed by atoms with Gasteiger partial charge in [-0.05, 0) is 76.5 Å². The second kappa shape index (κ2) is 9.25. The highest BCUT2D eigenvalue weighted by molar-refractivity contribution is 6.33. The zero-order chi connectivity index (χ0) is 24.7. The minimum atomic E-state index is -0.276. The van der Waals surface area contributed by atoms with Crippen molar-refractivity contribution in [3.8, 4) is 11.3 Å². The third-order valence-corrected chi connectivity index (χ3v) is 7.63. The third kappa shape index (κ3) is 4.30. The lowest BCUT2D eigenvalue weighted by Crippen LogP contribution is -2.46. The number of carbonyl (C=O) groups excluding carboxylic acids is 1. The van der Waals surface area contributed by atoms with E-state index >= 15 is 0 Å². The number of allylic oxidation sites excluding steroid dienone is 1. The molecule has 0 unspecified atom stereocenters. The minimum Gasteiger partial charge on any atom is -0.360 e. The standard InChI is InChI=1S/C28H29ClFN3O2/c1-18(2)10-13-32-14-11-28(12-15-32)17-33(24-9-8-20(30)16-22(24)28)27(34)25-19(3)35-31-26(25)21-6-4-5-7-23(21)29/h4-10,16H,11-15,17H2,1-3H3. The average Bonchev–Trinajstić information content (AvgIpc) is 3.37. The topological polar surface area (TPSA) is 49.6 Å². The highest BCUT2D eigenvalue weighted by atomic mass is 35.5. The number of hydrogen-bond donors (Lipinski definition) is 0. The summed E-state index contributed by atoms with van der Waals surface area (Å²) >= 11 is 6.42. The van der Waals surface area contributed by atoms with Gasteiger partial charge in [0.2, 0.25) is 0 Å². The number of aromatic nitrogens is 1. The SMILES string of the molecule is CC(C)=CCN1CCC2(CC1)CN(C(=O)c1c(-c3ccccc3Cl)noc1C)c1ccc(F)cc12. The van der Waals surface area contributed by atoms with Crippen LogP contribution in [-0.4, -0.2) is 42.1 Å². The molecular weight excluding hydrogens is 465 g/mol. The van der Waals surface area contributed by atoms with E-state index in [2.05, 4.69) is 30.0 Å². The maximum absolute atomic E-state index is 14.4. The Kier molecular flexibility index (Phi) is 6.28. The number of fused-ring (bicyclic) bond motifs is 2. The first kappa shape index (κ1) is 23.8. The van der Waals surface area contributed by atoms with Crippen LogP contribution in [0.1, 0.15) is 48.4 Å². The van der Waals surface area contributed by atoms with E-state index in [1.807, 2.05) is 18.2 Å². The quantitative estimate of drug-likeness (QED) is 0.394. The molecule has 1 aromatic heterocycles. The van der Waals surface area contributed by atoms with Crippen LogP contribution in [-0.2, 0) is 5.41 Å². The van der Waals surface area contributed by atoms with Gasteiger partial charge < -0.3 is 9.42 Å². The Morgan fingerprint density at radius 2 is 1.94 bits per heavy atom. The summed E-state index contributed by atoms with van der Waals surface area (Å²) in [6.07, 6.45) is 3.97. The highest BCUT2D eigenvalue weighted by Gasteiger charge is 2.47. The molecule has 0 aliphatic carbocycles. The average molecular weight is 494 g/mol. The predicted molar refractivity (Wildman–Crippen MR) is 137 cm³/mol. The van der Waals surface area contributed by atoms with Gasteiger partial charge in [0.25, 0.3) is 5.91 Å². The molecule has 2 aliphatic rings. The Hall–Kier alpha value is -2.96. The molecule has 2 aliphatic heterocycles. The molecule has 0 bridgehead atoms. The lowest BCUT2D eigenvalue weighted by Gasteiger charge is -2.39. The summed E-state index contributed by atoms with van der Waals surface area (Å²) in [5.74, 6) is -0.0382. The van der Waals surface area contributed by atoms with Gasteiger partial charge in [-0.25, -0.2) is 4.39 Å². The zero-order valence-corrected chi connectivity index (χ0v) is 21.0. The molecule has 1 fully saturated rings. The van der Waals surface area contributed by atoms with E-state index in [1.54, 1.807) is 30.0 Å². The van der Waals surface area contributed by atoms with Gasteiger partial charge in [-0.2, -0.15) is 0 Å². The number of rotatable bonds is 4. The molecule has 7 heteroatoms. The first-order valence-electron chi connectivity index (χ1n) is 12.0. The van der Waals surface area contributed by atoms with Crippen LogP contribution in [0, 0.1) is 12.7 Å². The summed E-state index contributed by atoms with van der Waals surface area (Å²) in [4.78, 5) is 18.2. The Morgan fingerprint density at radius 3 is 2.66 bits per heavy atom. The van der Waals surface area contributed by atoms with Crippen LogP contribution >= 0.6 is 11.6 Å². The number of piperidine rings is 1. The fourth-order valence-electron chi connectivity index (χ4n) is 5.32. The number of aryl methyl sites for hydroxylation is 1. The van der Waals surface area contributed by atoms with Gasteiger partial charge in [-0.1, -0.05) is 46.6 Å². The molecular formula is C28H29ClFN3O2. The van der Waals surface area contributed by atoms with Crippen molar-refractivity contribution in [3.05, 3.63) is 81.8 Å². The van der Waals surface area contributed by atoms with Crippen LogP contribution in [0.15, 0.2) is 58.6 Å². The van der Waals surface area contributed by atoms with Gasteiger partial charge in [0.05, 0.1) is 5.02 Å². The van der Waals surface area contributed by atoms with Crippen LogP contribution in [0.25, 0.3) is 11.3 Å². The summed E-state index contributed by atoms with van der Waals surface area (Å²) in [6, 6.07) is 12.0. The van der Waals surface area contributed by atoms with E-state index in [-0.39, 0.29) is 17.1 Å². The number of carbonyl (C=O) groups is 1. The summed E-state index contributed by atoms with van der Waals surface area (Å²) in [5, 5.41) is 4.68. The predicted octanol–water partition coefficient (Wildman–Crippen LogP) is 6.40. The normalized spacial score (nSPS) is 17.0. The van der Waals surface area contributed by atoms with E-state index in [9.17, 15) is 9.18 Å². The number of likely N-dealkylation sites (tertiary alicyclic amines) is 1. The van der Waals surface area contributed by atoms with Crippen molar-refractivity contribution in [2.24, 2.45) is 0 Å². The second-order valence-corrected chi connectivity index (χ2v) is 10.3. The summed E-state index contributed by atoms with van der Waals surface area (Å²) in [5.41, 5.74) is 4.18. The smallest absolute Gasteiger partial charge is 0.264 e. The molecule has 0 radical (unpaired) electrons. The first-order chi connectivity index (χ1) is 16.8. The molecule has 0 saturated carbocycles. The first-order valence-corrected chi connectivity index (χ1v) is 12.4. The molecule has 182 valence electrons. The van der Waals surface area contributed by atoms with Crippen molar-refractivity contribution in [3.63, 3.8) is 0 Å². The van der Waals surface area contributed by atoms with Crippen LogP contribution in [0.5, 0.6) is 0 Å². The fraction of sp³-hybridized carbons (Fsp3) is 0.357. The molecule has 5 nitrogen and oxygen atoms in total. The molecule has 1 spiro atoms. The van der Waals surface area contributed by atoms with Crippen molar-refractivity contribution in [1.82, 2.24) is 10.1 Å². The van der Waals surface area contributed by atoms with Gasteiger partial charge in [0.1, 0.15) is 22.8 Å². The van der Waals surface area contributed by atoms with E-state index < -0.39 is 0 Å². The molecule has 1 amide bonds. The van der Waals surface area contributed by atoms with Crippen molar-refractivity contribution < 1.29 is 13.7 Å². The van der Waals surface area contributed by atoms with E-state index in [4.69, 9.17) is 16.1 Å². The van der Waals surface area contributed by atoms with E-state index in [0.29, 0.717) is 34.1 Å². The van der Waals surface area contributed by atoms with Gasteiger partial charge in [0.15, 0.2) is 0 Å². The number of benzene rings is 2. The Morgan fingerprint density at radius 1 is 1.20 bits per heavy atom. The second-order valence-electron chi connectivity index (χ2n) is 9.86. The third-order valence-electron chi connectivity index (χ3n) is 7.30. The van der Waals surface area contributed by atoms with E-state index in [0.717, 1.165) is 43.7 Å². The van der Waals surface area contributed by atoms with Crippen LogP contribution in [0.2, 0.25) is 5.02 Å². The Labute approximate surface area is 210 Å². The van der Waals surface area contributed by atoms with Gasteiger partial charge in [0, 0.05) is 29.8 Å². The summed E-state index contributed by atoms with van der Waals surface area (Å²) in [7, 11) is 0. The van der Waals surface area contributed by atoms with Crippen LogP contribution < -0.4 is 4.90 Å². The largest absolute Gasteiger partial charge is 0.360 e. The van der Waals surface area contributed by atoms with Crippen LogP contribution in [0.3, 0.4) is 0 Å². The van der Waals surface area contributed by atoms with E-state index in [1.165, 1.54) is 11.6 Å². The van der Waals surface area contributed by atoms with Crippen molar-refractivity contribution in [1.29, 1.82) is 0 Å². The van der Waals surface area contributed by atoms with Crippen molar-refractivity contribution >= 4 is 23.2 Å². The summed E-state index contributed by atoms with van der Waals surface area (Å²) in [6.45, 7) is 9.17. The number of hydrogen-bond acceptors (Lipinski definition) is 4. The molecule has 3 heterocycles. The molecule has 0 atom stereocenters.